The largest absolute Gasteiger partial charge is 0.369 e. The number of aromatic nitrogens is 1. The van der Waals surface area contributed by atoms with Crippen LogP contribution in [0.3, 0.4) is 0 Å². The van der Waals surface area contributed by atoms with Crippen LogP contribution in [0.4, 0.5) is 11.5 Å². The molecule has 0 radical (unpaired) electrons. The predicted octanol–water partition coefficient (Wildman–Crippen LogP) is 1.80. The van der Waals surface area contributed by atoms with Gasteiger partial charge in [0, 0.05) is 26.1 Å². The first kappa shape index (κ1) is 21.5. The summed E-state index contributed by atoms with van der Waals surface area (Å²) in [6.07, 6.45) is 3.78. The van der Waals surface area contributed by atoms with Crippen LogP contribution in [0, 0.1) is 5.92 Å². The minimum atomic E-state index is -0.318. The number of imide groups is 1. The zero-order valence-electron chi connectivity index (χ0n) is 17.6. The fraction of sp³-hybridized carbons (Fsp3) is 0.348. The number of benzene rings is 1. The van der Waals surface area contributed by atoms with Crippen LogP contribution in [0.15, 0.2) is 42.6 Å². The van der Waals surface area contributed by atoms with Gasteiger partial charge in [-0.3, -0.25) is 24.1 Å². The van der Waals surface area contributed by atoms with E-state index < -0.39 is 0 Å². The fourth-order valence-corrected chi connectivity index (χ4v) is 4.13. The Morgan fingerprint density at radius 3 is 2.44 bits per heavy atom. The molecule has 4 rings (SSSR count). The van der Waals surface area contributed by atoms with Crippen molar-refractivity contribution in [3.05, 3.63) is 53.7 Å². The van der Waals surface area contributed by atoms with Crippen molar-refractivity contribution in [1.82, 2.24) is 9.88 Å². The van der Waals surface area contributed by atoms with Gasteiger partial charge in [0.05, 0.1) is 28.9 Å². The molecule has 1 saturated heterocycles. The van der Waals surface area contributed by atoms with Crippen LogP contribution < -0.4 is 16.0 Å². The Labute approximate surface area is 185 Å². The number of piperidine rings is 1. The van der Waals surface area contributed by atoms with Gasteiger partial charge in [0.1, 0.15) is 5.82 Å². The van der Waals surface area contributed by atoms with Crippen LogP contribution in [-0.4, -0.2) is 53.1 Å². The van der Waals surface area contributed by atoms with Crippen molar-refractivity contribution in [2.24, 2.45) is 11.7 Å². The molecule has 1 aromatic heterocycles. The van der Waals surface area contributed by atoms with Gasteiger partial charge in [-0.1, -0.05) is 12.1 Å². The summed E-state index contributed by atoms with van der Waals surface area (Å²) >= 11 is 0. The van der Waals surface area contributed by atoms with Crippen molar-refractivity contribution in [2.45, 2.75) is 25.7 Å². The van der Waals surface area contributed by atoms with E-state index in [9.17, 15) is 19.2 Å². The lowest BCUT2D eigenvalue weighted by Gasteiger charge is -2.32. The van der Waals surface area contributed by atoms with E-state index in [1.165, 1.54) is 4.90 Å². The number of carbonyl (C=O) groups is 4. The quantitative estimate of drug-likeness (QED) is 0.639. The molecule has 1 fully saturated rings. The van der Waals surface area contributed by atoms with Crippen molar-refractivity contribution in [1.29, 1.82) is 0 Å². The average Bonchev–Trinajstić information content (AvgIpc) is 3.05. The van der Waals surface area contributed by atoms with Crippen molar-refractivity contribution >= 4 is 35.1 Å². The molecule has 2 aliphatic rings. The number of amides is 4. The van der Waals surface area contributed by atoms with E-state index in [0.29, 0.717) is 29.8 Å². The Hall–Kier alpha value is -3.75. The molecule has 0 saturated carbocycles. The second kappa shape index (κ2) is 9.17. The molecule has 2 aliphatic heterocycles. The lowest BCUT2D eigenvalue weighted by atomic mass is 9.97. The molecule has 3 N–H and O–H groups in total. The number of carbonyl (C=O) groups excluding carboxylic acids is 4. The third kappa shape index (κ3) is 4.46. The lowest BCUT2D eigenvalue weighted by Crippen LogP contribution is -2.41. The van der Waals surface area contributed by atoms with E-state index in [1.807, 2.05) is 4.90 Å². The highest BCUT2D eigenvalue weighted by Crippen LogP contribution is 2.24. The first-order valence-electron chi connectivity index (χ1n) is 10.7. The fourth-order valence-electron chi connectivity index (χ4n) is 4.13. The molecule has 9 nitrogen and oxygen atoms in total. The maximum Gasteiger partial charge on any atom is 0.261 e. The van der Waals surface area contributed by atoms with E-state index in [4.69, 9.17) is 5.73 Å². The summed E-state index contributed by atoms with van der Waals surface area (Å²) < 4.78 is 0. The van der Waals surface area contributed by atoms with Crippen LogP contribution in [0.5, 0.6) is 0 Å². The Morgan fingerprint density at radius 2 is 1.81 bits per heavy atom. The molecule has 1 unspecified atom stereocenters. The number of fused-ring (bicyclic) bond motifs is 1. The number of anilines is 2. The van der Waals surface area contributed by atoms with Gasteiger partial charge in [0.25, 0.3) is 11.8 Å². The zero-order chi connectivity index (χ0) is 22.7. The van der Waals surface area contributed by atoms with Crippen LogP contribution in [0.1, 0.15) is 46.4 Å². The van der Waals surface area contributed by atoms with Gasteiger partial charge in [-0.15, -0.1) is 0 Å². The molecule has 1 atom stereocenters. The normalized spacial score (nSPS) is 17.9. The van der Waals surface area contributed by atoms with Crippen LogP contribution in [0.25, 0.3) is 0 Å². The minimum absolute atomic E-state index is 0.168. The highest BCUT2D eigenvalue weighted by atomic mass is 16.2. The van der Waals surface area contributed by atoms with Gasteiger partial charge in [0.15, 0.2) is 0 Å². The van der Waals surface area contributed by atoms with Crippen LogP contribution >= 0.6 is 0 Å². The summed E-state index contributed by atoms with van der Waals surface area (Å²) in [7, 11) is 0. The molecule has 4 amide bonds. The lowest BCUT2D eigenvalue weighted by molar-refractivity contribution is -0.122. The molecule has 0 bridgehead atoms. The van der Waals surface area contributed by atoms with Gasteiger partial charge in [-0.05, 0) is 43.5 Å². The van der Waals surface area contributed by atoms with Gasteiger partial charge in [0.2, 0.25) is 11.8 Å². The third-order valence-electron chi connectivity index (χ3n) is 5.84. The maximum absolute atomic E-state index is 12.4. The molecule has 0 aliphatic carbocycles. The molecule has 9 heteroatoms. The number of hydrogen-bond donors (Lipinski definition) is 2. The van der Waals surface area contributed by atoms with E-state index in [-0.39, 0.29) is 42.5 Å². The Bertz CT molecular complexity index is 1020. The molecule has 1 aromatic carbocycles. The topological polar surface area (TPSA) is 126 Å². The summed E-state index contributed by atoms with van der Waals surface area (Å²) in [5.41, 5.74) is 6.80. The van der Waals surface area contributed by atoms with E-state index in [2.05, 4.69) is 10.3 Å². The number of hydrogen-bond acceptors (Lipinski definition) is 6. The van der Waals surface area contributed by atoms with Crippen LogP contribution in [0.2, 0.25) is 0 Å². The highest BCUT2D eigenvalue weighted by molar-refractivity contribution is 6.21. The first-order valence-corrected chi connectivity index (χ1v) is 10.7. The first-order chi connectivity index (χ1) is 15.4. The van der Waals surface area contributed by atoms with E-state index in [1.54, 1.807) is 42.6 Å². The Kier molecular flexibility index (Phi) is 6.16. The molecule has 0 spiro atoms. The number of nitrogens with two attached hydrogens (primary N) is 1. The van der Waals surface area contributed by atoms with E-state index in [0.717, 1.165) is 25.2 Å². The highest BCUT2D eigenvalue weighted by Gasteiger charge is 2.34. The Morgan fingerprint density at radius 1 is 1.09 bits per heavy atom. The summed E-state index contributed by atoms with van der Waals surface area (Å²) in [4.78, 5) is 56.1. The van der Waals surface area contributed by atoms with Gasteiger partial charge >= 0.3 is 0 Å². The molecular formula is C23H25N5O4. The summed E-state index contributed by atoms with van der Waals surface area (Å²) in [6.45, 7) is 1.54. The van der Waals surface area contributed by atoms with Crippen LogP contribution in [-0.2, 0) is 9.59 Å². The average molecular weight is 435 g/mol. The number of nitrogens with one attached hydrogen (secondary N) is 1. The third-order valence-corrected chi connectivity index (χ3v) is 5.84. The zero-order valence-corrected chi connectivity index (χ0v) is 17.6. The number of rotatable bonds is 7. The van der Waals surface area contributed by atoms with Crippen molar-refractivity contribution in [2.75, 3.05) is 29.9 Å². The van der Waals surface area contributed by atoms with Gasteiger partial charge in [-0.2, -0.15) is 0 Å². The smallest absolute Gasteiger partial charge is 0.261 e. The monoisotopic (exact) mass is 435 g/mol. The summed E-state index contributed by atoms with van der Waals surface area (Å²) in [5.74, 6) is -0.585. The molecular weight excluding hydrogens is 410 g/mol. The minimum Gasteiger partial charge on any atom is -0.369 e. The maximum atomic E-state index is 12.4. The predicted molar refractivity (Wildman–Crippen MR) is 118 cm³/mol. The second-order valence-corrected chi connectivity index (χ2v) is 8.05. The van der Waals surface area contributed by atoms with Gasteiger partial charge in [-0.25, -0.2) is 4.98 Å². The number of nitrogens with zero attached hydrogens (tertiary/aromatic N) is 3. The standard InChI is InChI=1S/C23H25N5O4/c24-21(30)15-5-3-11-27(14-15)19-10-9-16(13-25-19)26-20(29)8-4-12-28-22(31)17-6-1-2-7-18(17)23(28)32/h1-2,6-7,9-10,13,15H,3-5,8,11-12,14H2,(H2,24,30)(H,26,29). The second-order valence-electron chi connectivity index (χ2n) is 8.05. The SMILES string of the molecule is NC(=O)C1CCCN(c2ccc(NC(=O)CCCN3C(=O)c4ccccc4C3=O)cn2)C1. The van der Waals surface area contributed by atoms with Crippen molar-refractivity contribution in [3.8, 4) is 0 Å². The molecule has 2 aromatic rings. The number of pyridine rings is 1. The Balaban J connectivity index is 1.26. The van der Waals surface area contributed by atoms with Crippen molar-refractivity contribution < 1.29 is 19.2 Å². The summed E-state index contributed by atoms with van der Waals surface area (Å²) in [6, 6.07) is 10.3. The van der Waals surface area contributed by atoms with E-state index >= 15 is 0 Å². The van der Waals surface area contributed by atoms with Gasteiger partial charge < -0.3 is 16.0 Å². The summed E-state index contributed by atoms with van der Waals surface area (Å²) in [5, 5.41) is 2.78. The molecule has 166 valence electrons. The number of primary amides is 1. The molecule has 32 heavy (non-hydrogen) atoms. The molecule has 3 heterocycles. The van der Waals surface area contributed by atoms with Crippen molar-refractivity contribution in [3.63, 3.8) is 0 Å².